The molecule has 0 radical (unpaired) electrons. The summed E-state index contributed by atoms with van der Waals surface area (Å²) in [6.45, 7) is 1.97. The minimum atomic E-state index is -0.612. The number of carbonyl (C=O) groups excluding carboxylic acids is 1. The summed E-state index contributed by atoms with van der Waals surface area (Å²) in [5.41, 5.74) is 0.313. The highest BCUT2D eigenvalue weighted by molar-refractivity contribution is 9.10. The van der Waals surface area contributed by atoms with E-state index in [9.17, 15) is 14.9 Å². The monoisotopic (exact) mass is 288 g/mol. The Bertz CT molecular complexity index is 422. The van der Waals surface area contributed by atoms with Gasteiger partial charge in [-0.25, -0.2) is 0 Å². The zero-order valence-corrected chi connectivity index (χ0v) is 10.1. The predicted molar refractivity (Wildman–Crippen MR) is 58.9 cm³/mol. The summed E-state index contributed by atoms with van der Waals surface area (Å²) in [5, 5.41) is 10.6. The largest absolute Gasteiger partial charge is 0.466 e. The Balaban J connectivity index is 2.87. The summed E-state index contributed by atoms with van der Waals surface area (Å²) in [4.78, 5) is 24.9. The fourth-order valence-corrected chi connectivity index (χ4v) is 1.42. The van der Waals surface area contributed by atoms with Gasteiger partial charge in [-0.15, -0.1) is 0 Å². The average molecular weight is 289 g/mol. The third-order valence-corrected chi connectivity index (χ3v) is 2.31. The van der Waals surface area contributed by atoms with Crippen LogP contribution in [0.5, 0.6) is 0 Å². The Hall–Kier alpha value is -1.50. The van der Waals surface area contributed by atoms with Crippen LogP contribution in [0.15, 0.2) is 16.6 Å². The van der Waals surface area contributed by atoms with Crippen LogP contribution in [0.1, 0.15) is 12.6 Å². The van der Waals surface area contributed by atoms with Crippen LogP contribution >= 0.6 is 15.9 Å². The van der Waals surface area contributed by atoms with Crippen LogP contribution in [-0.2, 0) is 16.0 Å². The minimum Gasteiger partial charge on any atom is -0.466 e. The molecule has 1 heterocycles. The van der Waals surface area contributed by atoms with Crippen molar-refractivity contribution < 1.29 is 14.5 Å². The molecule has 0 saturated carbocycles. The maximum absolute atomic E-state index is 11.1. The van der Waals surface area contributed by atoms with Crippen LogP contribution in [0.4, 0.5) is 5.82 Å². The van der Waals surface area contributed by atoms with E-state index in [1.165, 1.54) is 12.1 Å². The highest BCUT2D eigenvalue weighted by Crippen LogP contribution is 2.22. The second kappa shape index (κ2) is 5.55. The van der Waals surface area contributed by atoms with Crippen LogP contribution in [0.25, 0.3) is 0 Å². The second-order valence-electron chi connectivity index (χ2n) is 2.85. The van der Waals surface area contributed by atoms with Gasteiger partial charge in [0.1, 0.15) is 10.9 Å². The van der Waals surface area contributed by atoms with E-state index in [0.29, 0.717) is 5.69 Å². The lowest BCUT2D eigenvalue weighted by Crippen LogP contribution is -2.09. The first-order valence-corrected chi connectivity index (χ1v) is 5.29. The summed E-state index contributed by atoms with van der Waals surface area (Å²) in [5.74, 6) is -0.756. The average Bonchev–Trinajstić information content (AvgIpc) is 2.21. The highest BCUT2D eigenvalue weighted by atomic mass is 79.9. The maximum atomic E-state index is 11.1. The molecule has 0 fully saturated rings. The summed E-state index contributed by atoms with van der Waals surface area (Å²) >= 11 is 3.01. The first kappa shape index (κ1) is 12.6. The number of nitrogens with zero attached hydrogens (tertiary/aromatic N) is 2. The van der Waals surface area contributed by atoms with Gasteiger partial charge in [0, 0.05) is 0 Å². The molecule has 16 heavy (non-hydrogen) atoms. The topological polar surface area (TPSA) is 82.3 Å². The number of nitro groups is 1. The van der Waals surface area contributed by atoms with Gasteiger partial charge < -0.3 is 14.9 Å². The predicted octanol–water partition coefficient (Wildman–Crippen LogP) is 1.86. The van der Waals surface area contributed by atoms with Gasteiger partial charge >= 0.3 is 11.8 Å². The van der Waals surface area contributed by atoms with E-state index < -0.39 is 10.9 Å². The summed E-state index contributed by atoms with van der Waals surface area (Å²) < 4.78 is 5.00. The fraction of sp³-hybridized carbons (Fsp3) is 0.333. The van der Waals surface area contributed by atoms with Gasteiger partial charge in [-0.1, -0.05) is 0 Å². The second-order valence-corrected chi connectivity index (χ2v) is 3.70. The Morgan fingerprint density at radius 2 is 2.31 bits per heavy atom. The number of carbonyl (C=O) groups is 1. The smallest absolute Gasteiger partial charge is 0.378 e. The van der Waals surface area contributed by atoms with Crippen LogP contribution in [0, 0.1) is 10.1 Å². The van der Waals surface area contributed by atoms with Crippen molar-refractivity contribution in [3.63, 3.8) is 0 Å². The van der Waals surface area contributed by atoms with E-state index in [0.717, 1.165) is 0 Å². The number of ether oxygens (including phenoxy) is 1. The maximum Gasteiger partial charge on any atom is 0.378 e. The molecule has 0 amide bonds. The molecule has 1 rings (SSSR count). The Morgan fingerprint density at radius 1 is 1.62 bits per heavy atom. The molecular weight excluding hydrogens is 280 g/mol. The standard InChI is InChI=1S/C9H9BrN2O4/c1-2-16-8(13)5-6-3-4-7(10)9(11-6)12(14)15/h3-4H,2,5H2,1H3. The molecule has 0 N–H and O–H groups in total. The van der Waals surface area contributed by atoms with Gasteiger partial charge in [-0.05, 0) is 44.9 Å². The summed E-state index contributed by atoms with van der Waals surface area (Å²) in [6, 6.07) is 3.02. The Morgan fingerprint density at radius 3 is 2.88 bits per heavy atom. The molecule has 0 aromatic carbocycles. The van der Waals surface area contributed by atoms with Crippen molar-refractivity contribution in [1.82, 2.24) is 4.98 Å². The van der Waals surface area contributed by atoms with Crippen LogP contribution in [0.3, 0.4) is 0 Å². The van der Waals surface area contributed by atoms with Crippen molar-refractivity contribution in [3.8, 4) is 0 Å². The van der Waals surface area contributed by atoms with E-state index >= 15 is 0 Å². The number of hydrogen-bond donors (Lipinski definition) is 0. The van der Waals surface area contributed by atoms with Gasteiger partial charge in [0.15, 0.2) is 5.69 Å². The molecule has 0 aliphatic carbocycles. The lowest BCUT2D eigenvalue weighted by molar-refractivity contribution is -0.390. The van der Waals surface area contributed by atoms with Crippen molar-refractivity contribution in [2.75, 3.05) is 6.61 Å². The quantitative estimate of drug-likeness (QED) is 0.480. The number of hydrogen-bond acceptors (Lipinski definition) is 5. The zero-order chi connectivity index (χ0) is 12.1. The lowest BCUT2D eigenvalue weighted by Gasteiger charge is -2.00. The van der Waals surface area contributed by atoms with E-state index in [-0.39, 0.29) is 23.3 Å². The minimum absolute atomic E-state index is 0.0675. The van der Waals surface area contributed by atoms with Gasteiger partial charge in [-0.3, -0.25) is 4.79 Å². The van der Waals surface area contributed by atoms with E-state index in [1.807, 2.05) is 0 Å². The first-order valence-electron chi connectivity index (χ1n) is 4.50. The third kappa shape index (κ3) is 3.27. The van der Waals surface area contributed by atoms with Gasteiger partial charge in [0.25, 0.3) is 0 Å². The number of pyridine rings is 1. The molecule has 86 valence electrons. The molecule has 1 aromatic heterocycles. The van der Waals surface area contributed by atoms with Crippen molar-refractivity contribution in [1.29, 1.82) is 0 Å². The fourth-order valence-electron chi connectivity index (χ4n) is 1.06. The van der Waals surface area contributed by atoms with E-state index in [1.54, 1.807) is 6.92 Å². The normalized spacial score (nSPS) is 9.88. The zero-order valence-electron chi connectivity index (χ0n) is 8.47. The summed E-state index contributed by atoms with van der Waals surface area (Å²) in [6.07, 6.45) is -0.0675. The van der Waals surface area contributed by atoms with Crippen molar-refractivity contribution in [3.05, 3.63) is 32.4 Å². The molecule has 0 atom stereocenters. The molecule has 7 heteroatoms. The number of esters is 1. The summed E-state index contributed by atoms with van der Waals surface area (Å²) in [7, 11) is 0. The molecular formula is C9H9BrN2O4. The first-order chi connectivity index (χ1) is 7.54. The molecule has 0 saturated heterocycles. The molecule has 0 aliphatic heterocycles. The molecule has 0 spiro atoms. The van der Waals surface area contributed by atoms with Crippen LogP contribution in [-0.4, -0.2) is 22.5 Å². The van der Waals surface area contributed by atoms with Crippen molar-refractivity contribution >= 4 is 27.7 Å². The van der Waals surface area contributed by atoms with E-state index in [2.05, 4.69) is 20.9 Å². The molecule has 0 bridgehead atoms. The van der Waals surface area contributed by atoms with Crippen LogP contribution < -0.4 is 0 Å². The molecule has 6 nitrogen and oxygen atoms in total. The van der Waals surface area contributed by atoms with Gasteiger partial charge in [0.05, 0.1) is 6.61 Å². The number of rotatable bonds is 4. The van der Waals surface area contributed by atoms with Crippen molar-refractivity contribution in [2.24, 2.45) is 0 Å². The van der Waals surface area contributed by atoms with Gasteiger partial charge in [-0.2, -0.15) is 0 Å². The highest BCUT2D eigenvalue weighted by Gasteiger charge is 2.17. The third-order valence-electron chi connectivity index (χ3n) is 1.69. The molecule has 0 unspecified atom stereocenters. The van der Waals surface area contributed by atoms with Crippen molar-refractivity contribution in [2.45, 2.75) is 13.3 Å². The number of aromatic nitrogens is 1. The van der Waals surface area contributed by atoms with Crippen LogP contribution in [0.2, 0.25) is 0 Å². The molecule has 1 aromatic rings. The number of halogens is 1. The van der Waals surface area contributed by atoms with Gasteiger partial charge in [0.2, 0.25) is 0 Å². The SMILES string of the molecule is CCOC(=O)Cc1ccc(Br)c([N+](=O)[O-])n1. The lowest BCUT2D eigenvalue weighted by atomic mass is 10.3. The van der Waals surface area contributed by atoms with E-state index in [4.69, 9.17) is 4.74 Å². The Kier molecular flexibility index (Phi) is 4.36. The Labute approximate surface area is 99.9 Å². The molecule has 0 aliphatic rings.